The largest absolute Gasteiger partial charge is 0.324 e. The van der Waals surface area contributed by atoms with Gasteiger partial charge in [0.05, 0.1) is 11.4 Å². The Labute approximate surface area is 158 Å². The third-order valence-electron chi connectivity index (χ3n) is 3.67. The molecule has 0 spiro atoms. The fraction of sp³-hybridized carbons (Fsp3) is 0.105. The van der Waals surface area contributed by atoms with Gasteiger partial charge in [-0.2, -0.15) is 0 Å². The van der Waals surface area contributed by atoms with E-state index in [4.69, 9.17) is 0 Å². The van der Waals surface area contributed by atoms with Crippen LogP contribution < -0.4 is 10.6 Å². The van der Waals surface area contributed by atoms with Crippen LogP contribution in [0.3, 0.4) is 0 Å². The molecule has 2 N–H and O–H groups in total. The molecular weight excluding hydrogens is 372 g/mol. The lowest BCUT2D eigenvalue weighted by molar-refractivity contribution is -0.114. The third-order valence-corrected chi connectivity index (χ3v) is 4.56. The molecule has 27 heavy (non-hydrogen) atoms. The number of aromatic nitrogens is 1. The van der Waals surface area contributed by atoms with Crippen molar-refractivity contribution in [3.05, 3.63) is 64.5 Å². The molecule has 3 rings (SSSR count). The van der Waals surface area contributed by atoms with Crippen LogP contribution in [0.5, 0.6) is 0 Å². The summed E-state index contributed by atoms with van der Waals surface area (Å²) < 4.78 is 26.8. The summed E-state index contributed by atoms with van der Waals surface area (Å²) in [5, 5.41) is 5.36. The minimum atomic E-state index is -0.634. The minimum Gasteiger partial charge on any atom is -0.324 e. The quantitative estimate of drug-likeness (QED) is 0.687. The summed E-state index contributed by atoms with van der Waals surface area (Å²) in [6, 6.07) is 9.59. The Morgan fingerprint density at radius 2 is 1.74 bits per heavy atom. The summed E-state index contributed by atoms with van der Waals surface area (Å²) in [4.78, 5) is 28.8. The molecule has 138 valence electrons. The highest BCUT2D eigenvalue weighted by molar-refractivity contribution is 7.16. The number of hydrogen-bond acceptors (Lipinski definition) is 4. The lowest BCUT2D eigenvalue weighted by Crippen LogP contribution is -2.14. The average molecular weight is 387 g/mol. The number of carbonyl (C=O) groups excluding carboxylic acids is 2. The van der Waals surface area contributed by atoms with Gasteiger partial charge >= 0.3 is 0 Å². The Morgan fingerprint density at radius 3 is 2.41 bits per heavy atom. The van der Waals surface area contributed by atoms with E-state index in [9.17, 15) is 18.4 Å². The van der Waals surface area contributed by atoms with E-state index in [0.29, 0.717) is 10.8 Å². The van der Waals surface area contributed by atoms with Crippen LogP contribution in [0.1, 0.15) is 22.2 Å². The van der Waals surface area contributed by atoms with Crippen molar-refractivity contribution >= 4 is 34.0 Å². The highest BCUT2D eigenvalue weighted by Gasteiger charge is 2.15. The van der Waals surface area contributed by atoms with Crippen molar-refractivity contribution in [1.29, 1.82) is 0 Å². The summed E-state index contributed by atoms with van der Waals surface area (Å²) in [7, 11) is 0. The maximum Gasteiger partial charge on any atom is 0.257 e. The number of thiazole rings is 1. The fourth-order valence-corrected chi connectivity index (χ4v) is 3.28. The Balaban J connectivity index is 1.81. The second kappa shape index (κ2) is 7.63. The van der Waals surface area contributed by atoms with Gasteiger partial charge in [0.25, 0.3) is 5.91 Å². The molecular formula is C19H15F2N3O2S. The minimum absolute atomic E-state index is 0.0718. The van der Waals surface area contributed by atoms with E-state index in [0.717, 1.165) is 16.5 Å². The number of hydrogen-bond donors (Lipinski definition) is 2. The van der Waals surface area contributed by atoms with Crippen molar-refractivity contribution in [3.8, 4) is 11.3 Å². The standard InChI is InChI=1S/C19H15F2N3O2S/c1-10-17(12-3-6-14(20)7-4-12)23-19(27-10)24-18(26)13-5-8-15(21)16(9-13)22-11(2)25/h3-9H,1-2H3,(H,22,25)(H,23,24,26). The zero-order chi connectivity index (χ0) is 19.6. The Hall–Kier alpha value is -3.13. The molecule has 2 amide bonds. The van der Waals surface area contributed by atoms with Crippen molar-refractivity contribution in [2.24, 2.45) is 0 Å². The van der Waals surface area contributed by atoms with Crippen LogP contribution in [0.2, 0.25) is 0 Å². The molecule has 1 aromatic heterocycles. The van der Waals surface area contributed by atoms with E-state index in [1.54, 1.807) is 12.1 Å². The molecule has 0 fully saturated rings. The van der Waals surface area contributed by atoms with Gasteiger partial charge in [-0.1, -0.05) is 0 Å². The van der Waals surface area contributed by atoms with Gasteiger partial charge in [0, 0.05) is 22.9 Å². The number of benzene rings is 2. The van der Waals surface area contributed by atoms with Crippen molar-refractivity contribution in [2.45, 2.75) is 13.8 Å². The van der Waals surface area contributed by atoms with Gasteiger partial charge in [0.1, 0.15) is 11.6 Å². The first-order valence-electron chi connectivity index (χ1n) is 7.95. The van der Waals surface area contributed by atoms with Gasteiger partial charge < -0.3 is 5.32 Å². The number of aryl methyl sites for hydroxylation is 1. The molecule has 0 atom stereocenters. The monoisotopic (exact) mass is 387 g/mol. The molecule has 2 aromatic carbocycles. The number of nitrogens with zero attached hydrogens (tertiary/aromatic N) is 1. The number of halogens is 2. The zero-order valence-corrected chi connectivity index (χ0v) is 15.3. The topological polar surface area (TPSA) is 71.1 Å². The number of nitrogens with one attached hydrogen (secondary N) is 2. The average Bonchev–Trinajstić information content (AvgIpc) is 2.97. The molecule has 5 nitrogen and oxygen atoms in total. The lowest BCUT2D eigenvalue weighted by Gasteiger charge is -2.07. The normalized spacial score (nSPS) is 10.5. The van der Waals surface area contributed by atoms with Crippen molar-refractivity contribution in [2.75, 3.05) is 10.6 Å². The number of anilines is 2. The molecule has 0 unspecified atom stereocenters. The number of rotatable bonds is 4. The predicted molar refractivity (Wildman–Crippen MR) is 101 cm³/mol. The molecule has 0 aliphatic rings. The maximum atomic E-state index is 13.7. The first-order valence-corrected chi connectivity index (χ1v) is 8.77. The van der Waals surface area contributed by atoms with Crippen LogP contribution >= 0.6 is 11.3 Å². The highest BCUT2D eigenvalue weighted by atomic mass is 32.1. The van der Waals surface area contributed by atoms with E-state index in [2.05, 4.69) is 15.6 Å². The second-order valence-corrected chi connectivity index (χ2v) is 6.96. The lowest BCUT2D eigenvalue weighted by atomic mass is 10.1. The Kier molecular flexibility index (Phi) is 5.27. The molecule has 0 aliphatic carbocycles. The fourth-order valence-electron chi connectivity index (χ4n) is 2.45. The first-order chi connectivity index (χ1) is 12.8. The van der Waals surface area contributed by atoms with Crippen molar-refractivity contribution < 1.29 is 18.4 Å². The van der Waals surface area contributed by atoms with E-state index < -0.39 is 17.6 Å². The third kappa shape index (κ3) is 4.35. The summed E-state index contributed by atoms with van der Waals surface area (Å²) >= 11 is 1.27. The van der Waals surface area contributed by atoms with Gasteiger partial charge in [-0.05, 0) is 49.4 Å². The molecule has 1 heterocycles. The van der Waals surface area contributed by atoms with Gasteiger partial charge in [0.2, 0.25) is 5.91 Å². The predicted octanol–water partition coefficient (Wildman–Crippen LogP) is 4.61. The zero-order valence-electron chi connectivity index (χ0n) is 14.5. The molecule has 0 aliphatic heterocycles. The van der Waals surface area contributed by atoms with E-state index in [1.165, 1.54) is 42.5 Å². The summed E-state index contributed by atoms with van der Waals surface area (Å²) in [5.41, 5.74) is 1.49. The number of amides is 2. The molecule has 0 bridgehead atoms. The molecule has 0 saturated heterocycles. The Bertz CT molecular complexity index is 1020. The van der Waals surface area contributed by atoms with Gasteiger partial charge in [-0.15, -0.1) is 11.3 Å². The van der Waals surface area contributed by atoms with Crippen LogP contribution in [0.15, 0.2) is 42.5 Å². The number of carbonyl (C=O) groups is 2. The molecule has 0 saturated carbocycles. The summed E-state index contributed by atoms with van der Waals surface area (Å²) in [5.74, 6) is -1.90. The van der Waals surface area contributed by atoms with E-state index in [-0.39, 0.29) is 17.1 Å². The van der Waals surface area contributed by atoms with Crippen LogP contribution in [-0.2, 0) is 4.79 Å². The summed E-state index contributed by atoms with van der Waals surface area (Å²) in [6.45, 7) is 3.10. The van der Waals surface area contributed by atoms with Crippen LogP contribution in [0.4, 0.5) is 19.6 Å². The van der Waals surface area contributed by atoms with E-state index >= 15 is 0 Å². The smallest absolute Gasteiger partial charge is 0.257 e. The van der Waals surface area contributed by atoms with Gasteiger partial charge in [-0.3, -0.25) is 14.9 Å². The molecule has 0 radical (unpaired) electrons. The van der Waals surface area contributed by atoms with Crippen LogP contribution in [-0.4, -0.2) is 16.8 Å². The second-order valence-electron chi connectivity index (χ2n) is 5.76. The van der Waals surface area contributed by atoms with Gasteiger partial charge in [0.15, 0.2) is 5.13 Å². The Morgan fingerprint density at radius 1 is 1.04 bits per heavy atom. The van der Waals surface area contributed by atoms with Crippen LogP contribution in [0.25, 0.3) is 11.3 Å². The van der Waals surface area contributed by atoms with Crippen molar-refractivity contribution in [3.63, 3.8) is 0 Å². The molecule has 3 aromatic rings. The maximum absolute atomic E-state index is 13.7. The van der Waals surface area contributed by atoms with E-state index in [1.807, 2.05) is 6.92 Å². The van der Waals surface area contributed by atoms with Gasteiger partial charge in [-0.25, -0.2) is 13.8 Å². The molecule has 8 heteroatoms. The van der Waals surface area contributed by atoms with Crippen molar-refractivity contribution in [1.82, 2.24) is 4.98 Å². The highest BCUT2D eigenvalue weighted by Crippen LogP contribution is 2.30. The summed E-state index contributed by atoms with van der Waals surface area (Å²) in [6.07, 6.45) is 0. The SMILES string of the molecule is CC(=O)Nc1cc(C(=O)Nc2nc(-c3ccc(F)cc3)c(C)s2)ccc1F. The first kappa shape index (κ1) is 18.7. The van der Waals surface area contributed by atoms with Crippen LogP contribution in [0, 0.1) is 18.6 Å².